The lowest BCUT2D eigenvalue weighted by Crippen LogP contribution is -2.02. The highest BCUT2D eigenvalue weighted by Crippen LogP contribution is 2.13. The second-order valence-corrected chi connectivity index (χ2v) is 4.25. The van der Waals surface area contributed by atoms with Gasteiger partial charge in [0.05, 0.1) is 11.9 Å². The fourth-order valence-electron chi connectivity index (χ4n) is 1.55. The first-order valence-corrected chi connectivity index (χ1v) is 5.68. The molecule has 0 aliphatic rings. The molecule has 17 heavy (non-hydrogen) atoms. The highest BCUT2D eigenvalue weighted by Gasteiger charge is 2.03. The summed E-state index contributed by atoms with van der Waals surface area (Å²) in [6.45, 7) is 4.59. The minimum atomic E-state index is -0.184. The van der Waals surface area contributed by atoms with Crippen LogP contribution in [0.15, 0.2) is 36.7 Å². The number of nitrogens with one attached hydrogen (secondary N) is 1. The molecule has 0 unspecified atom stereocenters. The van der Waals surface area contributed by atoms with Gasteiger partial charge in [0, 0.05) is 24.3 Å². The maximum absolute atomic E-state index is 13.4. The Labute approximate surface area is 100 Å². The SMILES string of the molecule is CC(C)n1cc(NCc2ccccc2F)cn1. The number of hydrogen-bond donors (Lipinski definition) is 1. The van der Waals surface area contributed by atoms with Crippen LogP contribution in [-0.2, 0) is 6.54 Å². The summed E-state index contributed by atoms with van der Waals surface area (Å²) in [5.41, 5.74) is 1.56. The Hall–Kier alpha value is -1.84. The molecule has 0 saturated carbocycles. The van der Waals surface area contributed by atoms with Gasteiger partial charge in [-0.25, -0.2) is 4.39 Å². The van der Waals surface area contributed by atoms with Crippen molar-refractivity contribution in [2.24, 2.45) is 0 Å². The van der Waals surface area contributed by atoms with Crippen LogP contribution < -0.4 is 5.32 Å². The fourth-order valence-corrected chi connectivity index (χ4v) is 1.55. The van der Waals surface area contributed by atoms with Crippen LogP contribution in [-0.4, -0.2) is 9.78 Å². The van der Waals surface area contributed by atoms with E-state index in [-0.39, 0.29) is 5.82 Å². The molecular weight excluding hydrogens is 217 g/mol. The first-order valence-electron chi connectivity index (χ1n) is 5.68. The molecule has 90 valence electrons. The minimum Gasteiger partial charge on any atom is -0.378 e. The molecule has 1 heterocycles. The average Bonchev–Trinajstić information content (AvgIpc) is 2.77. The Morgan fingerprint density at radius 3 is 2.76 bits per heavy atom. The number of aromatic nitrogens is 2. The Morgan fingerprint density at radius 1 is 1.35 bits per heavy atom. The van der Waals surface area contributed by atoms with E-state index in [0.717, 1.165) is 5.69 Å². The standard InChI is InChI=1S/C13H16FN3/c1-10(2)17-9-12(8-16-17)15-7-11-5-3-4-6-13(11)14/h3-6,8-10,15H,7H2,1-2H3. The topological polar surface area (TPSA) is 29.9 Å². The van der Waals surface area contributed by atoms with Gasteiger partial charge in [-0.2, -0.15) is 5.10 Å². The van der Waals surface area contributed by atoms with Gasteiger partial charge in [0.15, 0.2) is 0 Å². The van der Waals surface area contributed by atoms with E-state index in [4.69, 9.17) is 0 Å². The zero-order chi connectivity index (χ0) is 12.3. The van der Waals surface area contributed by atoms with Crippen molar-refractivity contribution < 1.29 is 4.39 Å². The van der Waals surface area contributed by atoms with Crippen LogP contribution in [0.25, 0.3) is 0 Å². The summed E-state index contributed by atoms with van der Waals surface area (Å²) in [7, 11) is 0. The zero-order valence-electron chi connectivity index (χ0n) is 10.0. The first-order chi connectivity index (χ1) is 8.16. The van der Waals surface area contributed by atoms with Crippen LogP contribution in [0.5, 0.6) is 0 Å². The lowest BCUT2D eigenvalue weighted by Gasteiger charge is -2.05. The van der Waals surface area contributed by atoms with Gasteiger partial charge in [-0.15, -0.1) is 0 Å². The van der Waals surface area contributed by atoms with Crippen LogP contribution >= 0.6 is 0 Å². The largest absolute Gasteiger partial charge is 0.378 e. The summed E-state index contributed by atoms with van der Waals surface area (Å²) >= 11 is 0. The molecule has 0 bridgehead atoms. The molecule has 1 N–H and O–H groups in total. The maximum Gasteiger partial charge on any atom is 0.128 e. The Kier molecular flexibility index (Phi) is 3.42. The van der Waals surface area contributed by atoms with E-state index in [1.165, 1.54) is 6.07 Å². The van der Waals surface area contributed by atoms with Gasteiger partial charge in [0.25, 0.3) is 0 Å². The lowest BCUT2D eigenvalue weighted by molar-refractivity contribution is 0.532. The third-order valence-electron chi connectivity index (χ3n) is 2.57. The van der Waals surface area contributed by atoms with E-state index < -0.39 is 0 Å². The van der Waals surface area contributed by atoms with Gasteiger partial charge in [-0.1, -0.05) is 18.2 Å². The van der Waals surface area contributed by atoms with Gasteiger partial charge < -0.3 is 5.32 Å². The molecule has 3 nitrogen and oxygen atoms in total. The van der Waals surface area contributed by atoms with E-state index in [2.05, 4.69) is 24.3 Å². The molecule has 4 heteroatoms. The van der Waals surface area contributed by atoms with Crippen LogP contribution in [0.3, 0.4) is 0 Å². The number of hydrogen-bond acceptors (Lipinski definition) is 2. The van der Waals surface area contributed by atoms with Crippen LogP contribution in [0.4, 0.5) is 10.1 Å². The van der Waals surface area contributed by atoms with Crippen molar-refractivity contribution in [1.82, 2.24) is 9.78 Å². The molecule has 2 aromatic rings. The Morgan fingerprint density at radius 2 is 2.12 bits per heavy atom. The molecule has 0 aliphatic carbocycles. The van der Waals surface area contributed by atoms with Crippen LogP contribution in [0.1, 0.15) is 25.5 Å². The third kappa shape index (κ3) is 2.84. The first kappa shape index (κ1) is 11.6. The summed E-state index contributed by atoms with van der Waals surface area (Å²) in [6, 6.07) is 7.09. The van der Waals surface area contributed by atoms with E-state index in [0.29, 0.717) is 18.2 Å². The fraction of sp³-hybridized carbons (Fsp3) is 0.308. The molecule has 0 spiro atoms. The van der Waals surface area contributed by atoms with E-state index in [1.807, 2.05) is 16.9 Å². The molecule has 2 rings (SSSR count). The third-order valence-corrected chi connectivity index (χ3v) is 2.57. The summed E-state index contributed by atoms with van der Waals surface area (Å²) in [4.78, 5) is 0. The monoisotopic (exact) mass is 233 g/mol. The molecule has 1 aromatic carbocycles. The maximum atomic E-state index is 13.4. The minimum absolute atomic E-state index is 0.184. The highest BCUT2D eigenvalue weighted by molar-refractivity contribution is 5.39. The smallest absolute Gasteiger partial charge is 0.128 e. The Bertz CT molecular complexity index is 491. The van der Waals surface area contributed by atoms with Crippen LogP contribution in [0.2, 0.25) is 0 Å². The molecule has 0 atom stereocenters. The second kappa shape index (κ2) is 4.99. The van der Waals surface area contributed by atoms with Gasteiger partial charge in [-0.05, 0) is 19.9 Å². The van der Waals surface area contributed by atoms with Gasteiger partial charge in [0.1, 0.15) is 5.82 Å². The lowest BCUT2D eigenvalue weighted by atomic mass is 10.2. The summed E-state index contributed by atoms with van der Waals surface area (Å²) < 4.78 is 15.2. The molecule has 0 radical (unpaired) electrons. The van der Waals surface area contributed by atoms with Crippen molar-refractivity contribution >= 4 is 5.69 Å². The van der Waals surface area contributed by atoms with Crippen molar-refractivity contribution in [2.75, 3.05) is 5.32 Å². The predicted molar refractivity (Wildman–Crippen MR) is 66.3 cm³/mol. The zero-order valence-corrected chi connectivity index (χ0v) is 10.0. The van der Waals surface area contributed by atoms with Crippen molar-refractivity contribution in [1.29, 1.82) is 0 Å². The van der Waals surface area contributed by atoms with Crippen molar-refractivity contribution in [3.63, 3.8) is 0 Å². The van der Waals surface area contributed by atoms with Gasteiger partial charge in [0.2, 0.25) is 0 Å². The summed E-state index contributed by atoms with van der Waals surface area (Å²) in [5.74, 6) is -0.184. The second-order valence-electron chi connectivity index (χ2n) is 4.25. The average molecular weight is 233 g/mol. The molecule has 0 amide bonds. The predicted octanol–water partition coefficient (Wildman–Crippen LogP) is 3.22. The van der Waals surface area contributed by atoms with Crippen molar-refractivity contribution in [3.05, 3.63) is 48.0 Å². The number of rotatable bonds is 4. The quantitative estimate of drug-likeness (QED) is 0.878. The van der Waals surface area contributed by atoms with E-state index in [1.54, 1.807) is 18.3 Å². The number of benzene rings is 1. The highest BCUT2D eigenvalue weighted by atomic mass is 19.1. The van der Waals surface area contributed by atoms with Crippen molar-refractivity contribution in [3.8, 4) is 0 Å². The number of nitrogens with zero attached hydrogens (tertiary/aromatic N) is 2. The molecule has 0 saturated heterocycles. The van der Waals surface area contributed by atoms with Crippen LogP contribution in [0, 0.1) is 5.82 Å². The van der Waals surface area contributed by atoms with E-state index in [9.17, 15) is 4.39 Å². The van der Waals surface area contributed by atoms with Gasteiger partial charge in [-0.3, -0.25) is 4.68 Å². The Balaban J connectivity index is 2.00. The number of halogens is 1. The normalized spacial score (nSPS) is 10.8. The molecule has 0 aliphatic heterocycles. The summed E-state index contributed by atoms with van der Waals surface area (Å²) in [6.07, 6.45) is 3.67. The number of anilines is 1. The summed E-state index contributed by atoms with van der Waals surface area (Å²) in [5, 5.41) is 7.36. The van der Waals surface area contributed by atoms with E-state index >= 15 is 0 Å². The molecule has 0 fully saturated rings. The molecule has 1 aromatic heterocycles. The van der Waals surface area contributed by atoms with Crippen molar-refractivity contribution in [2.45, 2.75) is 26.4 Å². The van der Waals surface area contributed by atoms with Gasteiger partial charge >= 0.3 is 0 Å². The molecular formula is C13H16FN3.